The van der Waals surface area contributed by atoms with Gasteiger partial charge in [-0.1, -0.05) is 0 Å². The predicted molar refractivity (Wildman–Crippen MR) is 137 cm³/mol. The molecule has 7 rings (SSSR count). The van der Waals surface area contributed by atoms with Crippen LogP contribution in [-0.2, 0) is 0 Å². The van der Waals surface area contributed by atoms with Gasteiger partial charge in [-0.3, -0.25) is 0 Å². The molecule has 2 aromatic carbocycles. The van der Waals surface area contributed by atoms with Gasteiger partial charge in [-0.15, -0.1) is 0 Å². The number of thiophene rings is 2. The molecule has 6 aromatic rings. The van der Waals surface area contributed by atoms with Crippen LogP contribution in [0.5, 0.6) is 0 Å². The topological polar surface area (TPSA) is 51.6 Å². The van der Waals surface area contributed by atoms with Crippen LogP contribution in [0.3, 0.4) is 0 Å². The van der Waals surface area contributed by atoms with E-state index in [4.69, 9.17) is 0 Å². The summed E-state index contributed by atoms with van der Waals surface area (Å²) in [6, 6.07) is 17.5. The normalized spacial score (nSPS) is 14.4. The number of aromatic nitrogens is 4. The first-order valence-electron chi connectivity index (χ1n) is 9.83. The van der Waals surface area contributed by atoms with E-state index < -0.39 is 13.3 Å². The third-order valence-corrected chi connectivity index (χ3v) is 17.8. The quantitative estimate of drug-likeness (QED) is 0.257. The Balaban J connectivity index is 1.42. The van der Waals surface area contributed by atoms with Gasteiger partial charge in [-0.2, -0.15) is 0 Å². The van der Waals surface area contributed by atoms with E-state index in [-0.39, 0.29) is 0 Å². The summed E-state index contributed by atoms with van der Waals surface area (Å²) in [7, 11) is 0. The van der Waals surface area contributed by atoms with Gasteiger partial charge >= 0.3 is 198 Å². The number of benzene rings is 2. The molecule has 0 unspecified atom stereocenters. The number of hydrogen-bond acceptors (Lipinski definition) is 8. The van der Waals surface area contributed by atoms with Crippen LogP contribution in [0, 0.1) is 0 Å². The fourth-order valence-electron chi connectivity index (χ4n) is 4.47. The van der Waals surface area contributed by atoms with Crippen molar-refractivity contribution in [1.82, 2.24) is 17.5 Å². The van der Waals surface area contributed by atoms with Crippen molar-refractivity contribution in [2.45, 2.75) is 11.5 Å². The zero-order valence-electron chi connectivity index (χ0n) is 16.5. The average Bonchev–Trinajstić information content (AvgIpc) is 3.57. The van der Waals surface area contributed by atoms with Crippen LogP contribution in [0.1, 0.15) is 0 Å². The Morgan fingerprint density at radius 3 is 1.61 bits per heavy atom. The molecule has 4 nitrogen and oxygen atoms in total. The molecule has 31 heavy (non-hydrogen) atoms. The van der Waals surface area contributed by atoms with E-state index in [0.29, 0.717) is 0 Å². The molecule has 0 saturated heterocycles. The van der Waals surface area contributed by atoms with Crippen molar-refractivity contribution >= 4 is 90.3 Å². The Kier molecular flexibility index (Phi) is 3.91. The van der Waals surface area contributed by atoms with E-state index in [0.717, 1.165) is 22.1 Å². The fourth-order valence-corrected chi connectivity index (χ4v) is 17.7. The van der Waals surface area contributed by atoms with E-state index in [2.05, 4.69) is 65.4 Å². The minimum absolute atomic E-state index is 0.987. The third kappa shape index (κ3) is 2.56. The van der Waals surface area contributed by atoms with Gasteiger partial charge in [0.05, 0.1) is 0 Å². The molecule has 0 atom stereocenters. The summed E-state index contributed by atoms with van der Waals surface area (Å²) >= 11 is 4.07. The van der Waals surface area contributed by atoms with Gasteiger partial charge in [-0.05, 0) is 0 Å². The zero-order valence-corrected chi connectivity index (χ0v) is 21.9. The zero-order chi connectivity index (χ0) is 20.7. The number of rotatable bonds is 2. The second kappa shape index (κ2) is 6.52. The summed E-state index contributed by atoms with van der Waals surface area (Å²) < 4.78 is 21.2. The molecule has 4 aromatic heterocycles. The van der Waals surface area contributed by atoms with Crippen molar-refractivity contribution in [3.8, 4) is 30.6 Å². The summed E-state index contributed by atoms with van der Waals surface area (Å²) in [5.74, 6) is 5.04. The molecule has 0 saturated carbocycles. The van der Waals surface area contributed by atoms with Crippen molar-refractivity contribution in [2.75, 3.05) is 0 Å². The standard InChI is InChI=1S/C22H14GeN4S4/c1-23(2)13-9-17(11-5-3-7-15-19(11)26-30-24-15)28-21(13)22-14(23)10-18(29-22)12-6-4-8-16-20(12)27-31-25-16/h3-10H,1-2H3. The molecule has 0 N–H and O–H groups in total. The Hall–Kier alpha value is -1.98. The van der Waals surface area contributed by atoms with Crippen molar-refractivity contribution in [3.05, 3.63) is 48.5 Å². The van der Waals surface area contributed by atoms with Crippen LogP contribution >= 0.6 is 46.1 Å². The summed E-state index contributed by atoms with van der Waals surface area (Å²) in [5.41, 5.74) is 6.43. The van der Waals surface area contributed by atoms with E-state index >= 15 is 0 Å². The number of nitrogens with zero attached hydrogens (tertiary/aromatic N) is 4. The SMILES string of the molecule is [CH3][Ge]1([CH3])[c]2cc(-c3cccc4nsnc34)sc2-c2sc(-c3cccc4nsnc34)c[c]21. The van der Waals surface area contributed by atoms with Crippen molar-refractivity contribution < 1.29 is 0 Å². The van der Waals surface area contributed by atoms with E-state index in [1.807, 2.05) is 34.8 Å². The van der Waals surface area contributed by atoms with E-state index in [9.17, 15) is 0 Å². The summed E-state index contributed by atoms with van der Waals surface area (Å²) in [5, 5.41) is 0. The second-order valence-electron chi connectivity index (χ2n) is 8.21. The molecule has 0 fully saturated rings. The van der Waals surface area contributed by atoms with Crippen LogP contribution in [-0.4, -0.2) is 30.8 Å². The number of hydrogen-bond donors (Lipinski definition) is 0. The molecule has 1 aliphatic heterocycles. The third-order valence-electron chi connectivity index (χ3n) is 6.12. The van der Waals surface area contributed by atoms with Crippen LogP contribution in [0.4, 0.5) is 0 Å². The second-order valence-corrected chi connectivity index (χ2v) is 20.4. The van der Waals surface area contributed by atoms with Crippen molar-refractivity contribution in [1.29, 1.82) is 0 Å². The molecule has 0 radical (unpaired) electrons. The molecule has 0 amide bonds. The fraction of sp³-hybridized carbons (Fsp3) is 0.0909. The van der Waals surface area contributed by atoms with Gasteiger partial charge in [0.2, 0.25) is 0 Å². The Bertz CT molecular complexity index is 1520. The van der Waals surface area contributed by atoms with Gasteiger partial charge in [0.25, 0.3) is 0 Å². The molecule has 9 heteroatoms. The monoisotopic (exact) mass is 536 g/mol. The Labute approximate surface area is 197 Å². The van der Waals surface area contributed by atoms with Gasteiger partial charge in [-0.25, -0.2) is 0 Å². The molecule has 0 aliphatic carbocycles. The van der Waals surface area contributed by atoms with E-state index in [1.54, 1.807) is 8.79 Å². The summed E-state index contributed by atoms with van der Waals surface area (Å²) in [6.45, 7) is 0. The Morgan fingerprint density at radius 1 is 0.645 bits per heavy atom. The Morgan fingerprint density at radius 2 is 1.13 bits per heavy atom. The molecule has 0 bridgehead atoms. The van der Waals surface area contributed by atoms with Crippen molar-refractivity contribution in [3.63, 3.8) is 0 Å². The van der Waals surface area contributed by atoms with Gasteiger partial charge in [0.15, 0.2) is 0 Å². The van der Waals surface area contributed by atoms with E-state index in [1.165, 1.54) is 54.1 Å². The molecular formula is C22H14GeN4S4. The van der Waals surface area contributed by atoms with Gasteiger partial charge in [0, 0.05) is 0 Å². The molecule has 5 heterocycles. The summed E-state index contributed by atoms with van der Waals surface area (Å²) in [4.78, 5) is 5.56. The predicted octanol–water partition coefficient (Wildman–Crippen LogP) is 5.96. The molecule has 0 spiro atoms. The first-order valence-corrected chi connectivity index (χ1v) is 19.2. The molecular weight excluding hydrogens is 521 g/mol. The van der Waals surface area contributed by atoms with Gasteiger partial charge < -0.3 is 0 Å². The van der Waals surface area contributed by atoms with Crippen LogP contribution in [0.15, 0.2) is 48.5 Å². The first kappa shape index (κ1) is 18.6. The minimum atomic E-state index is -2.36. The van der Waals surface area contributed by atoms with Crippen molar-refractivity contribution in [2.24, 2.45) is 0 Å². The first-order chi connectivity index (χ1) is 15.1. The van der Waals surface area contributed by atoms with Crippen LogP contribution in [0.25, 0.3) is 52.7 Å². The molecule has 1 aliphatic rings. The maximum absolute atomic E-state index is 4.57. The maximum atomic E-state index is 4.57. The average molecular weight is 535 g/mol. The van der Waals surface area contributed by atoms with Crippen LogP contribution in [0.2, 0.25) is 11.5 Å². The van der Waals surface area contributed by atoms with Gasteiger partial charge in [0.1, 0.15) is 0 Å². The number of fused-ring (bicyclic) bond motifs is 5. The summed E-state index contributed by atoms with van der Waals surface area (Å²) in [6.07, 6.45) is 0. The van der Waals surface area contributed by atoms with Crippen LogP contribution < -0.4 is 8.79 Å². The molecule has 150 valence electrons.